The van der Waals surface area contributed by atoms with Gasteiger partial charge in [0.15, 0.2) is 5.54 Å². The van der Waals surface area contributed by atoms with Crippen molar-refractivity contribution in [2.24, 2.45) is 5.41 Å². The van der Waals surface area contributed by atoms with Crippen molar-refractivity contribution in [3.05, 3.63) is 48.0 Å². The monoisotopic (exact) mass is 396 g/mol. The van der Waals surface area contributed by atoms with E-state index in [1.165, 1.54) is 13.8 Å². The zero-order valence-corrected chi connectivity index (χ0v) is 17.2. The maximum atomic E-state index is 13.1. The lowest BCUT2D eigenvalue weighted by atomic mass is 9.93. The molecule has 152 valence electrons. The molecule has 1 fully saturated rings. The van der Waals surface area contributed by atoms with E-state index in [4.69, 9.17) is 4.84 Å². The van der Waals surface area contributed by atoms with E-state index < -0.39 is 29.4 Å². The van der Waals surface area contributed by atoms with Crippen LogP contribution in [0, 0.1) is 5.41 Å². The largest absolute Gasteiger partial charge is 0.368 e. The quantitative estimate of drug-likeness (QED) is 0.580. The molecule has 4 amide bonds. The molecular formula is C22H24N2O5. The normalized spacial score (nSPS) is 16.4. The number of amides is 4. The summed E-state index contributed by atoms with van der Waals surface area (Å²) < 4.78 is 0. The first kappa shape index (κ1) is 20.5. The van der Waals surface area contributed by atoms with E-state index >= 15 is 0 Å². The van der Waals surface area contributed by atoms with Crippen molar-refractivity contribution in [1.82, 2.24) is 9.96 Å². The van der Waals surface area contributed by atoms with Crippen molar-refractivity contribution in [3.63, 3.8) is 0 Å². The summed E-state index contributed by atoms with van der Waals surface area (Å²) in [4.78, 5) is 57.0. The van der Waals surface area contributed by atoms with Gasteiger partial charge in [0.2, 0.25) is 0 Å². The van der Waals surface area contributed by atoms with Crippen LogP contribution in [0.15, 0.2) is 42.5 Å². The molecule has 0 unspecified atom stereocenters. The van der Waals surface area contributed by atoms with Gasteiger partial charge >= 0.3 is 12.0 Å². The van der Waals surface area contributed by atoms with E-state index in [9.17, 15) is 19.2 Å². The number of carbonyl (C=O) groups excluding carboxylic acids is 4. The molecule has 7 nitrogen and oxygen atoms in total. The molecule has 0 radical (unpaired) electrons. The summed E-state index contributed by atoms with van der Waals surface area (Å²) in [6.07, 6.45) is 0.0539. The summed E-state index contributed by atoms with van der Waals surface area (Å²) in [6.45, 7) is 8.44. The van der Waals surface area contributed by atoms with Crippen LogP contribution < -0.4 is 0 Å². The highest BCUT2D eigenvalue weighted by Crippen LogP contribution is 2.31. The van der Waals surface area contributed by atoms with Crippen molar-refractivity contribution >= 4 is 34.6 Å². The number of hydrogen-bond acceptors (Lipinski definition) is 5. The third kappa shape index (κ3) is 3.72. The molecule has 0 N–H and O–H groups in total. The number of hydrogen-bond donors (Lipinski definition) is 0. The van der Waals surface area contributed by atoms with Crippen molar-refractivity contribution in [2.45, 2.75) is 46.6 Å². The Balaban J connectivity index is 1.94. The maximum absolute atomic E-state index is 13.1. The first-order valence-corrected chi connectivity index (χ1v) is 9.35. The average Bonchev–Trinajstić information content (AvgIpc) is 2.79. The molecule has 1 aliphatic heterocycles. The summed E-state index contributed by atoms with van der Waals surface area (Å²) in [6, 6.07) is 11.3. The lowest BCUT2D eigenvalue weighted by molar-refractivity contribution is -0.192. The van der Waals surface area contributed by atoms with Crippen molar-refractivity contribution in [1.29, 1.82) is 0 Å². The Hall–Kier alpha value is -3.22. The Morgan fingerprint density at radius 1 is 1.00 bits per heavy atom. The molecule has 0 bridgehead atoms. The fourth-order valence-electron chi connectivity index (χ4n) is 3.21. The molecule has 29 heavy (non-hydrogen) atoms. The first-order valence-electron chi connectivity index (χ1n) is 9.35. The van der Waals surface area contributed by atoms with E-state index in [1.807, 2.05) is 39.0 Å². The van der Waals surface area contributed by atoms with E-state index in [-0.39, 0.29) is 17.4 Å². The van der Waals surface area contributed by atoms with Gasteiger partial charge in [-0.25, -0.2) is 9.59 Å². The minimum atomic E-state index is -1.50. The SMILES string of the molecule is CC(C)(C)CC(=O)ON1C(=O)N(C(=O)c2cccc3ccccc23)C(=O)C1(C)C. The lowest BCUT2D eigenvalue weighted by Gasteiger charge is -2.26. The first-order chi connectivity index (χ1) is 13.4. The fourth-order valence-corrected chi connectivity index (χ4v) is 3.21. The van der Waals surface area contributed by atoms with E-state index in [2.05, 4.69) is 0 Å². The second-order valence-corrected chi connectivity index (χ2v) is 8.81. The van der Waals surface area contributed by atoms with Gasteiger partial charge < -0.3 is 4.84 Å². The summed E-state index contributed by atoms with van der Waals surface area (Å²) in [5.41, 5.74) is -1.62. The van der Waals surface area contributed by atoms with Crippen LogP contribution in [0.5, 0.6) is 0 Å². The summed E-state index contributed by atoms with van der Waals surface area (Å²) in [5.74, 6) is -2.14. The smallest absolute Gasteiger partial charge is 0.336 e. The number of rotatable bonds is 3. The van der Waals surface area contributed by atoms with Gasteiger partial charge in [-0.2, -0.15) is 4.90 Å². The molecule has 0 atom stereocenters. The number of benzene rings is 2. The van der Waals surface area contributed by atoms with Crippen LogP contribution in [0.4, 0.5) is 4.79 Å². The molecule has 3 rings (SSSR count). The lowest BCUT2D eigenvalue weighted by Crippen LogP contribution is -2.45. The summed E-state index contributed by atoms with van der Waals surface area (Å²) in [7, 11) is 0. The molecule has 0 saturated carbocycles. The van der Waals surface area contributed by atoms with E-state index in [1.54, 1.807) is 24.3 Å². The van der Waals surface area contributed by atoms with Crippen molar-refractivity contribution < 1.29 is 24.0 Å². The van der Waals surface area contributed by atoms with Crippen molar-refractivity contribution in [2.75, 3.05) is 0 Å². The standard InChI is InChI=1S/C22H24N2O5/c1-21(2,3)13-17(25)29-24-20(28)23(19(27)22(24,4)5)18(26)16-12-8-10-14-9-6-7-11-15(14)16/h6-12H,13H2,1-5H3. The zero-order valence-electron chi connectivity index (χ0n) is 17.2. The van der Waals surface area contributed by atoms with E-state index in [0.717, 1.165) is 5.39 Å². The van der Waals surface area contributed by atoms with Crippen LogP contribution in [-0.4, -0.2) is 39.3 Å². The van der Waals surface area contributed by atoms with Crippen molar-refractivity contribution in [3.8, 4) is 0 Å². The second kappa shape index (κ2) is 6.99. The average molecular weight is 396 g/mol. The molecule has 2 aromatic carbocycles. The molecule has 2 aromatic rings. The van der Waals surface area contributed by atoms with Crippen LogP contribution in [0.2, 0.25) is 0 Å². The molecule has 1 saturated heterocycles. The van der Waals surface area contributed by atoms with Gasteiger partial charge in [0.05, 0.1) is 6.42 Å². The maximum Gasteiger partial charge on any atom is 0.368 e. The number of fused-ring (bicyclic) bond motifs is 1. The Morgan fingerprint density at radius 3 is 2.28 bits per heavy atom. The predicted octanol–water partition coefficient (Wildman–Crippen LogP) is 3.92. The topological polar surface area (TPSA) is 84.0 Å². The molecule has 7 heteroatoms. The van der Waals surface area contributed by atoms with Crippen LogP contribution in [-0.2, 0) is 14.4 Å². The number of hydroxylamine groups is 2. The Morgan fingerprint density at radius 2 is 1.62 bits per heavy atom. The third-order valence-electron chi connectivity index (χ3n) is 4.69. The van der Waals surface area contributed by atoms with Gasteiger partial charge in [-0.1, -0.05) is 57.2 Å². The highest BCUT2D eigenvalue weighted by atomic mass is 16.7. The molecule has 0 spiro atoms. The minimum absolute atomic E-state index is 0.0539. The van der Waals surface area contributed by atoms with Crippen LogP contribution >= 0.6 is 0 Å². The zero-order chi connectivity index (χ0) is 21.6. The van der Waals surface area contributed by atoms with Gasteiger partial charge in [-0.15, -0.1) is 5.06 Å². The van der Waals surface area contributed by atoms with Gasteiger partial charge in [0, 0.05) is 5.56 Å². The Bertz CT molecular complexity index is 1010. The van der Waals surface area contributed by atoms with Gasteiger partial charge in [-0.3, -0.25) is 9.59 Å². The van der Waals surface area contributed by atoms with Crippen LogP contribution in [0.1, 0.15) is 51.4 Å². The van der Waals surface area contributed by atoms with Gasteiger partial charge in [-0.05, 0) is 36.1 Å². The molecular weight excluding hydrogens is 372 g/mol. The highest BCUT2D eigenvalue weighted by molar-refractivity contribution is 6.24. The molecule has 0 aromatic heterocycles. The van der Waals surface area contributed by atoms with Gasteiger partial charge in [0.25, 0.3) is 11.8 Å². The molecule has 1 aliphatic rings. The van der Waals surface area contributed by atoms with Crippen LogP contribution in [0.25, 0.3) is 10.8 Å². The summed E-state index contributed by atoms with van der Waals surface area (Å²) >= 11 is 0. The number of nitrogens with zero attached hydrogens (tertiary/aromatic N) is 2. The predicted molar refractivity (Wildman–Crippen MR) is 107 cm³/mol. The molecule has 0 aliphatic carbocycles. The summed E-state index contributed by atoms with van der Waals surface area (Å²) in [5, 5.41) is 2.14. The fraction of sp³-hybridized carbons (Fsp3) is 0.364. The second-order valence-electron chi connectivity index (χ2n) is 8.81. The number of urea groups is 1. The Labute approximate surface area is 169 Å². The number of carbonyl (C=O) groups is 4. The number of imide groups is 3. The van der Waals surface area contributed by atoms with Crippen LogP contribution in [0.3, 0.4) is 0 Å². The van der Waals surface area contributed by atoms with Gasteiger partial charge in [0.1, 0.15) is 0 Å². The molecule has 1 heterocycles. The minimum Gasteiger partial charge on any atom is -0.336 e. The van der Waals surface area contributed by atoms with E-state index in [0.29, 0.717) is 15.3 Å². The third-order valence-corrected chi connectivity index (χ3v) is 4.69. The Kier molecular flexibility index (Phi) is 4.94. The highest BCUT2D eigenvalue weighted by Gasteiger charge is 2.56.